The maximum absolute atomic E-state index is 13.9. The first-order chi connectivity index (χ1) is 19.5. The van der Waals surface area contributed by atoms with Crippen molar-refractivity contribution in [1.29, 1.82) is 0 Å². The lowest BCUT2D eigenvalue weighted by atomic mass is 9.57. The first kappa shape index (κ1) is 29.6. The zero-order valence-corrected chi connectivity index (χ0v) is 24.1. The van der Waals surface area contributed by atoms with Crippen LogP contribution < -0.4 is 10.4 Å². The average Bonchev–Trinajstić information content (AvgIpc) is 3.17. The summed E-state index contributed by atoms with van der Waals surface area (Å²) in [5.41, 5.74) is 4.45. The molecule has 2 aliphatic heterocycles. The molecular formula is C30H34B2ClNO7. The Kier molecular flexibility index (Phi) is 8.51. The number of allylic oxidation sites excluding steroid dienone is 2. The molecule has 2 aromatic rings. The fourth-order valence-corrected chi connectivity index (χ4v) is 6.89. The number of hydrogen-bond donors (Lipinski definition) is 4. The summed E-state index contributed by atoms with van der Waals surface area (Å²) in [4.78, 5) is 28.8. The van der Waals surface area contributed by atoms with E-state index in [9.17, 15) is 29.8 Å². The molecule has 0 bridgehead atoms. The van der Waals surface area contributed by atoms with Gasteiger partial charge in [0, 0.05) is 0 Å². The van der Waals surface area contributed by atoms with Crippen molar-refractivity contribution < 1.29 is 34.4 Å². The van der Waals surface area contributed by atoms with Crippen molar-refractivity contribution in [2.75, 3.05) is 4.90 Å². The van der Waals surface area contributed by atoms with Crippen LogP contribution in [-0.2, 0) is 14.2 Å². The normalized spacial score (nSPS) is 24.7. The molecule has 41 heavy (non-hydrogen) atoms. The lowest BCUT2D eigenvalue weighted by Crippen LogP contribution is -2.46. The molecule has 2 heterocycles. The quantitative estimate of drug-likeness (QED) is 0.225. The van der Waals surface area contributed by atoms with E-state index in [4.69, 9.17) is 16.3 Å². The maximum Gasteiger partial charge on any atom is 0.488 e. The van der Waals surface area contributed by atoms with Gasteiger partial charge in [-0.2, -0.15) is 0 Å². The molecule has 2 aromatic carbocycles. The highest BCUT2D eigenvalue weighted by Crippen LogP contribution is 2.52. The number of anilines is 1. The van der Waals surface area contributed by atoms with Crippen LogP contribution in [0.3, 0.4) is 0 Å². The number of rotatable bonds is 7. The van der Waals surface area contributed by atoms with Gasteiger partial charge in [0.05, 0.1) is 28.6 Å². The van der Waals surface area contributed by atoms with Crippen LogP contribution in [0.2, 0.25) is 11.3 Å². The van der Waals surface area contributed by atoms with Crippen molar-refractivity contribution in [2.45, 2.75) is 52.5 Å². The van der Waals surface area contributed by atoms with Crippen LogP contribution in [-0.4, -0.2) is 52.3 Å². The van der Waals surface area contributed by atoms with Crippen molar-refractivity contribution in [3.63, 3.8) is 0 Å². The van der Waals surface area contributed by atoms with E-state index < -0.39 is 32.2 Å². The SMILES string of the molecule is C/C(=C\c1ccc(O)cc1Cl)CC[C@H]1OB(O)C[C@H]2C1=C(C(C)C)C[C@H]1C(=O)N(c3cccc(B(O)O)c3)C(=O)[C@H]12. The number of phenols is 1. The van der Waals surface area contributed by atoms with Crippen LogP contribution in [0, 0.1) is 23.7 Å². The number of nitrogens with zero attached hydrogens (tertiary/aromatic N) is 1. The summed E-state index contributed by atoms with van der Waals surface area (Å²) in [5, 5.41) is 40.2. The zero-order chi connectivity index (χ0) is 29.6. The van der Waals surface area contributed by atoms with Gasteiger partial charge in [0.2, 0.25) is 11.8 Å². The molecule has 2 fully saturated rings. The smallest absolute Gasteiger partial charge is 0.488 e. The van der Waals surface area contributed by atoms with Gasteiger partial charge < -0.3 is 24.8 Å². The molecule has 4 N–H and O–H groups in total. The molecule has 4 atom stereocenters. The predicted octanol–water partition coefficient (Wildman–Crippen LogP) is 3.57. The van der Waals surface area contributed by atoms with Crippen molar-refractivity contribution in [1.82, 2.24) is 0 Å². The van der Waals surface area contributed by atoms with Crippen molar-refractivity contribution >= 4 is 54.9 Å². The van der Waals surface area contributed by atoms with E-state index in [1.54, 1.807) is 24.3 Å². The highest BCUT2D eigenvalue weighted by molar-refractivity contribution is 6.58. The molecule has 2 saturated heterocycles. The maximum atomic E-state index is 13.9. The minimum atomic E-state index is -1.72. The van der Waals surface area contributed by atoms with Crippen LogP contribution in [0.1, 0.15) is 45.6 Å². The second-order valence-corrected chi connectivity index (χ2v) is 12.0. The highest BCUT2D eigenvalue weighted by atomic mass is 35.5. The summed E-state index contributed by atoms with van der Waals surface area (Å²) in [6.45, 7) is 6.14. The van der Waals surface area contributed by atoms with Gasteiger partial charge in [-0.05, 0) is 91.3 Å². The topological polar surface area (TPSA) is 128 Å². The fraction of sp³-hybridized carbons (Fsp3) is 0.400. The molecule has 214 valence electrons. The largest absolute Gasteiger partial charge is 0.508 e. The van der Waals surface area contributed by atoms with Gasteiger partial charge in [-0.3, -0.25) is 14.5 Å². The number of amides is 2. The van der Waals surface area contributed by atoms with Crippen LogP contribution in [0.15, 0.2) is 59.2 Å². The van der Waals surface area contributed by atoms with Crippen molar-refractivity contribution in [2.24, 2.45) is 23.7 Å². The highest BCUT2D eigenvalue weighted by Gasteiger charge is 2.57. The lowest BCUT2D eigenvalue weighted by Gasteiger charge is -2.44. The molecule has 0 unspecified atom stereocenters. The predicted molar refractivity (Wildman–Crippen MR) is 159 cm³/mol. The number of benzene rings is 2. The Bertz CT molecular complexity index is 1430. The van der Waals surface area contributed by atoms with E-state index in [1.165, 1.54) is 23.1 Å². The van der Waals surface area contributed by atoms with Crippen LogP contribution in [0.5, 0.6) is 5.75 Å². The van der Waals surface area contributed by atoms with E-state index in [2.05, 4.69) is 13.8 Å². The molecular weight excluding hydrogens is 543 g/mol. The number of aromatic hydroxyl groups is 1. The Morgan fingerprint density at radius 3 is 2.61 bits per heavy atom. The van der Waals surface area contributed by atoms with Gasteiger partial charge in [0.25, 0.3) is 0 Å². The molecule has 11 heteroatoms. The zero-order valence-electron chi connectivity index (χ0n) is 23.3. The van der Waals surface area contributed by atoms with Crippen molar-refractivity contribution in [3.05, 3.63) is 69.8 Å². The van der Waals surface area contributed by atoms with Gasteiger partial charge in [-0.15, -0.1) is 0 Å². The molecule has 0 saturated carbocycles. The number of fused-ring (bicyclic) bond motifs is 3. The number of halogens is 1. The third-order valence-electron chi connectivity index (χ3n) is 8.55. The second-order valence-electron chi connectivity index (χ2n) is 11.6. The van der Waals surface area contributed by atoms with Gasteiger partial charge in [-0.1, -0.05) is 54.8 Å². The molecule has 8 nitrogen and oxygen atoms in total. The number of carbonyl (C=O) groups is 2. The van der Waals surface area contributed by atoms with Crippen LogP contribution in [0.4, 0.5) is 5.69 Å². The average molecular weight is 578 g/mol. The minimum absolute atomic E-state index is 0.0985. The molecule has 0 aromatic heterocycles. The molecule has 5 rings (SSSR count). The van der Waals surface area contributed by atoms with Crippen LogP contribution >= 0.6 is 11.6 Å². The van der Waals surface area contributed by atoms with E-state index >= 15 is 0 Å². The summed E-state index contributed by atoms with van der Waals surface area (Å²) in [6, 6.07) is 11.0. The monoisotopic (exact) mass is 577 g/mol. The minimum Gasteiger partial charge on any atom is -0.508 e. The van der Waals surface area contributed by atoms with E-state index in [0.717, 1.165) is 22.3 Å². The second kappa shape index (κ2) is 11.8. The Labute approximate surface area is 245 Å². The Morgan fingerprint density at radius 2 is 1.93 bits per heavy atom. The number of carbonyl (C=O) groups excluding carboxylic acids is 2. The number of imide groups is 1. The van der Waals surface area contributed by atoms with Gasteiger partial charge in [0.15, 0.2) is 0 Å². The first-order valence-electron chi connectivity index (χ1n) is 14.0. The van der Waals surface area contributed by atoms with Gasteiger partial charge in [0.1, 0.15) is 5.75 Å². The standard InChI is InChI=1S/C30H34B2ClNO7/c1-16(2)22-14-23-28(30(37)34(29(23)36)20-6-4-5-19(12-20)32(39)40)24-15-31(38)41-26(27(22)24)10-7-17(3)11-18-8-9-21(35)13-25(18)33/h4-6,8-9,11-13,16,23-24,26,28,35,38-40H,7,10,14-15H2,1-3H3/b17-11+/t23-,24+,26-,28-/m1/s1. The molecule has 0 radical (unpaired) electrons. The summed E-state index contributed by atoms with van der Waals surface area (Å²) in [5.74, 6) is -1.95. The molecule has 0 spiro atoms. The lowest BCUT2D eigenvalue weighted by molar-refractivity contribution is -0.122. The van der Waals surface area contributed by atoms with E-state index in [1.807, 2.05) is 13.0 Å². The molecule has 2 amide bonds. The Balaban J connectivity index is 1.44. The summed E-state index contributed by atoms with van der Waals surface area (Å²) < 4.78 is 6.09. The third-order valence-corrected chi connectivity index (χ3v) is 8.88. The Hall–Kier alpha value is -2.88. The van der Waals surface area contributed by atoms with Crippen molar-refractivity contribution in [3.8, 4) is 5.75 Å². The summed E-state index contributed by atoms with van der Waals surface area (Å²) in [6.07, 6.45) is 3.44. The van der Waals surface area contributed by atoms with E-state index in [-0.39, 0.29) is 41.2 Å². The van der Waals surface area contributed by atoms with Crippen LogP contribution in [0.25, 0.3) is 6.08 Å². The summed E-state index contributed by atoms with van der Waals surface area (Å²) in [7, 11) is -2.79. The molecule has 3 aliphatic rings. The van der Waals surface area contributed by atoms with Gasteiger partial charge >= 0.3 is 14.2 Å². The molecule has 1 aliphatic carbocycles. The first-order valence-corrected chi connectivity index (χ1v) is 14.4. The van der Waals surface area contributed by atoms with Gasteiger partial charge in [-0.25, -0.2) is 0 Å². The Morgan fingerprint density at radius 1 is 1.17 bits per heavy atom. The van der Waals surface area contributed by atoms with E-state index in [0.29, 0.717) is 30.0 Å². The number of hydrogen-bond acceptors (Lipinski definition) is 7. The number of phenolic OH excluding ortho intramolecular Hbond substituents is 1. The fourth-order valence-electron chi connectivity index (χ4n) is 6.66. The summed E-state index contributed by atoms with van der Waals surface area (Å²) >= 11 is 6.29. The third kappa shape index (κ3) is 5.76.